The van der Waals surface area contributed by atoms with Gasteiger partial charge in [0.2, 0.25) is 5.16 Å². The van der Waals surface area contributed by atoms with E-state index in [4.69, 9.17) is 10.8 Å². The molecular weight excluding hydrogens is 194 g/mol. The monoisotopic (exact) mass is 203 g/mol. The molecule has 0 aromatic carbocycles. The second kappa shape index (κ2) is 4.19. The van der Waals surface area contributed by atoms with E-state index in [0.717, 1.165) is 0 Å². The number of nitrogens with two attached hydrogens (primary N) is 1. The summed E-state index contributed by atoms with van der Waals surface area (Å²) in [7, 11) is 1.68. The van der Waals surface area contributed by atoms with Crippen LogP contribution in [0.15, 0.2) is 5.16 Å². The van der Waals surface area contributed by atoms with E-state index < -0.39 is 12.0 Å². The Hall–Kier alpha value is -1.15. The topological polar surface area (TPSA) is 107 Å². The summed E-state index contributed by atoms with van der Waals surface area (Å²) in [5, 5.41) is 19.7. The third-order valence-electron chi connectivity index (χ3n) is 1.29. The van der Waals surface area contributed by atoms with Gasteiger partial charge in [0.05, 0.1) is 0 Å². The lowest BCUT2D eigenvalue weighted by molar-refractivity contribution is -0.137. The van der Waals surface area contributed by atoms with Gasteiger partial charge in [-0.1, -0.05) is 11.8 Å². The fourth-order valence-corrected chi connectivity index (χ4v) is 1.37. The maximum atomic E-state index is 10.3. The van der Waals surface area contributed by atoms with Crippen LogP contribution in [-0.4, -0.2) is 43.1 Å². The molecule has 0 unspecified atom stereocenters. The zero-order chi connectivity index (χ0) is 9.84. The van der Waals surface area contributed by atoms with Gasteiger partial charge in [-0.2, -0.15) is 0 Å². The Labute approximate surface area is 78.3 Å². The van der Waals surface area contributed by atoms with Crippen LogP contribution in [0.2, 0.25) is 0 Å². The van der Waals surface area contributed by atoms with Crippen molar-refractivity contribution in [1.29, 1.82) is 0 Å². The number of carboxylic acid groups (broad SMARTS) is 1. The molecule has 72 valence electrons. The second-order valence-corrected chi connectivity index (χ2v) is 3.33. The standard InChI is InChI=1S/C5H9N5O2S/c1-10-5(7-8-9-10)13-2-3(6)4(11)12/h3H,2,6H2,1H3,(H,11,12)/t3-/m1/s1. The Morgan fingerprint density at radius 2 is 2.54 bits per heavy atom. The first kappa shape index (κ1) is 9.93. The lowest BCUT2D eigenvalue weighted by Crippen LogP contribution is -2.32. The molecule has 0 amide bonds. The van der Waals surface area contributed by atoms with Gasteiger partial charge in [-0.15, -0.1) is 5.10 Å². The van der Waals surface area contributed by atoms with E-state index in [1.807, 2.05) is 0 Å². The van der Waals surface area contributed by atoms with Crippen molar-refractivity contribution in [3.05, 3.63) is 0 Å². The highest BCUT2D eigenvalue weighted by Gasteiger charge is 2.13. The number of thioether (sulfide) groups is 1. The fraction of sp³-hybridized carbons (Fsp3) is 0.600. The Bertz CT molecular complexity index is 301. The highest BCUT2D eigenvalue weighted by atomic mass is 32.2. The van der Waals surface area contributed by atoms with Gasteiger partial charge in [0.15, 0.2) is 0 Å². The van der Waals surface area contributed by atoms with E-state index in [1.165, 1.54) is 16.4 Å². The summed E-state index contributed by atoms with van der Waals surface area (Å²) < 4.78 is 1.46. The average Bonchev–Trinajstić information content (AvgIpc) is 2.47. The minimum atomic E-state index is -1.03. The highest BCUT2D eigenvalue weighted by molar-refractivity contribution is 7.99. The number of tetrazole rings is 1. The maximum absolute atomic E-state index is 10.3. The smallest absolute Gasteiger partial charge is 0.321 e. The van der Waals surface area contributed by atoms with Crippen molar-refractivity contribution in [3.63, 3.8) is 0 Å². The average molecular weight is 203 g/mol. The molecule has 0 fully saturated rings. The van der Waals surface area contributed by atoms with Gasteiger partial charge in [-0.05, 0) is 10.4 Å². The van der Waals surface area contributed by atoms with Gasteiger partial charge < -0.3 is 10.8 Å². The molecule has 0 saturated heterocycles. The molecule has 0 aliphatic carbocycles. The van der Waals surface area contributed by atoms with E-state index in [-0.39, 0.29) is 5.75 Å². The van der Waals surface area contributed by atoms with E-state index in [0.29, 0.717) is 5.16 Å². The first-order valence-corrected chi connectivity index (χ1v) is 4.43. The van der Waals surface area contributed by atoms with Crippen LogP contribution in [-0.2, 0) is 11.8 Å². The summed E-state index contributed by atoms with van der Waals surface area (Å²) in [6.45, 7) is 0. The summed E-state index contributed by atoms with van der Waals surface area (Å²) in [4.78, 5) is 10.3. The quantitative estimate of drug-likeness (QED) is 0.586. The molecule has 0 aliphatic heterocycles. The van der Waals surface area contributed by atoms with Crippen molar-refractivity contribution >= 4 is 17.7 Å². The Balaban J connectivity index is 2.44. The van der Waals surface area contributed by atoms with E-state index in [2.05, 4.69) is 15.5 Å². The minimum Gasteiger partial charge on any atom is -0.480 e. The molecule has 0 aliphatic rings. The minimum absolute atomic E-state index is 0.254. The first-order chi connectivity index (χ1) is 6.11. The summed E-state index contributed by atoms with van der Waals surface area (Å²) in [5.41, 5.74) is 5.28. The van der Waals surface area contributed by atoms with E-state index in [1.54, 1.807) is 7.05 Å². The van der Waals surface area contributed by atoms with Crippen LogP contribution in [0, 0.1) is 0 Å². The zero-order valence-corrected chi connectivity index (χ0v) is 7.73. The molecule has 7 nitrogen and oxygen atoms in total. The second-order valence-electron chi connectivity index (χ2n) is 2.34. The number of aryl methyl sites for hydroxylation is 1. The number of aliphatic carboxylic acids is 1. The summed E-state index contributed by atoms with van der Waals surface area (Å²) in [6, 6.07) is -0.887. The lowest BCUT2D eigenvalue weighted by atomic mass is 10.4. The molecule has 0 spiro atoms. The molecule has 1 aromatic heterocycles. The fourth-order valence-electron chi connectivity index (χ4n) is 0.579. The molecule has 1 aromatic rings. The van der Waals surface area contributed by atoms with Crippen LogP contribution in [0.5, 0.6) is 0 Å². The van der Waals surface area contributed by atoms with E-state index in [9.17, 15) is 4.79 Å². The third kappa shape index (κ3) is 2.67. The summed E-state index contributed by atoms with van der Waals surface area (Å²) in [5.74, 6) is -0.772. The van der Waals surface area contributed by atoms with Crippen molar-refractivity contribution in [3.8, 4) is 0 Å². The maximum Gasteiger partial charge on any atom is 0.321 e. The predicted octanol–water partition coefficient (Wildman–Crippen LogP) is -1.29. The van der Waals surface area contributed by atoms with Gasteiger partial charge >= 0.3 is 5.97 Å². The zero-order valence-electron chi connectivity index (χ0n) is 6.91. The predicted molar refractivity (Wildman–Crippen MR) is 45.1 cm³/mol. The number of hydrogen-bond donors (Lipinski definition) is 2. The van der Waals surface area contributed by atoms with Crippen LogP contribution in [0.1, 0.15) is 0 Å². The van der Waals surface area contributed by atoms with Gasteiger partial charge in [-0.3, -0.25) is 4.79 Å². The molecule has 3 N–H and O–H groups in total. The van der Waals surface area contributed by atoms with Crippen molar-refractivity contribution < 1.29 is 9.90 Å². The van der Waals surface area contributed by atoms with Crippen LogP contribution in [0.4, 0.5) is 0 Å². The molecular formula is C5H9N5O2S. The van der Waals surface area contributed by atoms with Gasteiger partial charge in [0, 0.05) is 12.8 Å². The molecule has 1 heterocycles. The van der Waals surface area contributed by atoms with Crippen molar-refractivity contribution in [2.24, 2.45) is 12.8 Å². The molecule has 1 rings (SSSR count). The van der Waals surface area contributed by atoms with Crippen LogP contribution < -0.4 is 5.73 Å². The molecule has 13 heavy (non-hydrogen) atoms. The van der Waals surface area contributed by atoms with E-state index >= 15 is 0 Å². The number of rotatable bonds is 4. The molecule has 8 heteroatoms. The Kier molecular flexibility index (Phi) is 3.20. The number of aromatic nitrogens is 4. The SMILES string of the molecule is Cn1nnnc1SC[C@@H](N)C(=O)O. The number of carboxylic acids is 1. The number of hydrogen-bond acceptors (Lipinski definition) is 6. The molecule has 0 bridgehead atoms. The lowest BCUT2D eigenvalue weighted by Gasteiger charge is -2.03. The van der Waals surface area contributed by atoms with Crippen LogP contribution in [0.25, 0.3) is 0 Å². The Morgan fingerprint density at radius 3 is 3.00 bits per heavy atom. The normalized spacial score (nSPS) is 12.8. The van der Waals surface area contributed by atoms with Crippen molar-refractivity contribution in [2.45, 2.75) is 11.2 Å². The van der Waals surface area contributed by atoms with Gasteiger partial charge in [0.25, 0.3) is 0 Å². The van der Waals surface area contributed by atoms with Gasteiger partial charge in [-0.25, -0.2) is 4.68 Å². The third-order valence-corrected chi connectivity index (χ3v) is 2.42. The first-order valence-electron chi connectivity index (χ1n) is 3.45. The van der Waals surface area contributed by atoms with Gasteiger partial charge in [0.1, 0.15) is 6.04 Å². The molecule has 0 radical (unpaired) electrons. The molecule has 1 atom stereocenters. The van der Waals surface area contributed by atoms with Crippen molar-refractivity contribution in [2.75, 3.05) is 5.75 Å². The molecule has 0 saturated carbocycles. The summed E-state index contributed by atoms with van der Waals surface area (Å²) in [6.07, 6.45) is 0. The summed E-state index contributed by atoms with van der Waals surface area (Å²) >= 11 is 1.21. The van der Waals surface area contributed by atoms with Crippen LogP contribution in [0.3, 0.4) is 0 Å². The number of nitrogens with zero attached hydrogens (tertiary/aromatic N) is 4. The Morgan fingerprint density at radius 1 is 1.85 bits per heavy atom. The largest absolute Gasteiger partial charge is 0.480 e. The van der Waals surface area contributed by atoms with Crippen molar-refractivity contribution in [1.82, 2.24) is 20.2 Å². The number of carbonyl (C=O) groups is 1. The van der Waals surface area contributed by atoms with Crippen LogP contribution >= 0.6 is 11.8 Å². The highest BCUT2D eigenvalue weighted by Crippen LogP contribution is 2.12.